The molecule has 0 aliphatic heterocycles. The maximum atomic E-state index is 14.0. The molecule has 0 spiro atoms. The van der Waals surface area contributed by atoms with Crippen LogP contribution in [0.5, 0.6) is 5.75 Å². The van der Waals surface area contributed by atoms with Crippen LogP contribution in [-0.4, -0.2) is 50.9 Å². The molecule has 0 aromatic heterocycles. The third-order valence-corrected chi connectivity index (χ3v) is 8.51. The number of nitrogens with one attached hydrogen (secondary N) is 1. The van der Waals surface area contributed by atoms with Gasteiger partial charge in [0.15, 0.2) is 0 Å². The Balaban J connectivity index is 2.06. The van der Waals surface area contributed by atoms with Crippen LogP contribution in [0.3, 0.4) is 0 Å². The van der Waals surface area contributed by atoms with E-state index in [0.717, 1.165) is 28.6 Å². The Kier molecular flexibility index (Phi) is 11.5. The number of anilines is 1. The second-order valence-corrected chi connectivity index (χ2v) is 11.5. The highest BCUT2D eigenvalue weighted by Gasteiger charge is 2.34. The molecule has 2 amide bonds. The number of benzene rings is 3. The molecule has 0 bridgehead atoms. The zero-order valence-electron chi connectivity index (χ0n) is 23.3. The van der Waals surface area contributed by atoms with Crippen molar-refractivity contribution in [1.29, 1.82) is 0 Å². The van der Waals surface area contributed by atoms with E-state index in [9.17, 15) is 22.4 Å². The summed E-state index contributed by atoms with van der Waals surface area (Å²) < 4.78 is 47.8. The van der Waals surface area contributed by atoms with Crippen molar-refractivity contribution in [2.75, 3.05) is 24.0 Å². The van der Waals surface area contributed by atoms with Crippen LogP contribution in [0, 0.1) is 5.82 Å². The highest BCUT2D eigenvalue weighted by atomic mass is 35.5. The lowest BCUT2D eigenvalue weighted by atomic mass is 10.1. The number of amides is 2. The Morgan fingerprint density at radius 2 is 1.63 bits per heavy atom. The molecule has 3 aromatic rings. The molecule has 0 fully saturated rings. The molecule has 8 nitrogen and oxygen atoms in total. The fourth-order valence-corrected chi connectivity index (χ4v) is 5.84. The van der Waals surface area contributed by atoms with Gasteiger partial charge in [-0.2, -0.15) is 0 Å². The molecule has 0 saturated carbocycles. The van der Waals surface area contributed by atoms with Gasteiger partial charge < -0.3 is 15.0 Å². The van der Waals surface area contributed by atoms with Crippen molar-refractivity contribution in [2.24, 2.45) is 0 Å². The lowest BCUT2D eigenvalue weighted by Gasteiger charge is -2.33. The Bertz CT molecular complexity index is 1420. The number of carbonyl (C=O) groups excluding carboxylic acids is 2. The topological polar surface area (TPSA) is 96.0 Å². The highest BCUT2D eigenvalue weighted by Crippen LogP contribution is 2.27. The molecule has 3 rings (SSSR count). The molecule has 0 radical (unpaired) electrons. The summed E-state index contributed by atoms with van der Waals surface area (Å²) >= 11 is 6.40. The van der Waals surface area contributed by atoms with Gasteiger partial charge >= 0.3 is 0 Å². The van der Waals surface area contributed by atoms with Gasteiger partial charge in [-0.05, 0) is 79.9 Å². The van der Waals surface area contributed by atoms with E-state index in [0.29, 0.717) is 42.3 Å². The number of sulfonamides is 1. The van der Waals surface area contributed by atoms with Crippen LogP contribution in [0.4, 0.5) is 10.1 Å². The summed E-state index contributed by atoms with van der Waals surface area (Å²) in [5.41, 5.74) is 0.811. The summed E-state index contributed by atoms with van der Waals surface area (Å²) in [6, 6.07) is 16.7. The summed E-state index contributed by atoms with van der Waals surface area (Å²) in [5, 5.41) is 3.25. The Labute approximate surface area is 246 Å². The monoisotopic (exact) mass is 603 g/mol. The van der Waals surface area contributed by atoms with Crippen LogP contribution in [-0.2, 0) is 26.2 Å². The summed E-state index contributed by atoms with van der Waals surface area (Å²) in [7, 11) is -4.32. The minimum Gasteiger partial charge on any atom is -0.494 e. The number of ether oxygens (including phenoxy) is 1. The maximum Gasteiger partial charge on any atom is 0.264 e. The van der Waals surface area contributed by atoms with Crippen LogP contribution in [0.25, 0.3) is 0 Å². The number of nitrogens with zero attached hydrogens (tertiary/aromatic N) is 2. The van der Waals surface area contributed by atoms with E-state index in [-0.39, 0.29) is 23.0 Å². The fourth-order valence-electron chi connectivity index (χ4n) is 4.23. The van der Waals surface area contributed by atoms with Gasteiger partial charge in [0, 0.05) is 18.1 Å². The molecular formula is C30H35ClFN3O5S. The SMILES string of the molecule is CCCNC(=O)[C@H](CC)N(Cc1ccccc1Cl)C(=O)CN(c1ccc(OCC)cc1)S(=O)(=O)c1ccc(F)cc1. The van der Waals surface area contributed by atoms with Crippen molar-refractivity contribution in [1.82, 2.24) is 10.2 Å². The van der Waals surface area contributed by atoms with Crippen molar-refractivity contribution >= 4 is 39.1 Å². The Morgan fingerprint density at radius 3 is 2.22 bits per heavy atom. The lowest BCUT2D eigenvalue weighted by Crippen LogP contribution is -2.52. The second kappa shape index (κ2) is 14.8. The number of halogens is 2. The zero-order chi connectivity index (χ0) is 30.0. The number of hydrogen-bond donors (Lipinski definition) is 1. The molecule has 0 heterocycles. The highest BCUT2D eigenvalue weighted by molar-refractivity contribution is 7.92. The van der Waals surface area contributed by atoms with Crippen LogP contribution in [0.2, 0.25) is 5.02 Å². The average Bonchev–Trinajstić information content (AvgIpc) is 2.96. The quantitative estimate of drug-likeness (QED) is 0.266. The van der Waals surface area contributed by atoms with E-state index in [1.165, 1.54) is 17.0 Å². The van der Waals surface area contributed by atoms with Crippen LogP contribution < -0.4 is 14.4 Å². The number of rotatable bonds is 14. The smallest absolute Gasteiger partial charge is 0.264 e. The minimum absolute atomic E-state index is 0.00965. The van der Waals surface area contributed by atoms with Gasteiger partial charge in [-0.25, -0.2) is 12.8 Å². The lowest BCUT2D eigenvalue weighted by molar-refractivity contribution is -0.140. The van der Waals surface area contributed by atoms with Gasteiger partial charge in [0.2, 0.25) is 11.8 Å². The molecule has 220 valence electrons. The third-order valence-electron chi connectivity index (χ3n) is 6.35. The molecule has 0 saturated heterocycles. The Morgan fingerprint density at radius 1 is 0.976 bits per heavy atom. The van der Waals surface area contributed by atoms with Crippen molar-refractivity contribution in [3.63, 3.8) is 0 Å². The summed E-state index contributed by atoms with van der Waals surface area (Å²) in [4.78, 5) is 28.3. The number of hydrogen-bond acceptors (Lipinski definition) is 5. The molecule has 1 atom stereocenters. The summed E-state index contributed by atoms with van der Waals surface area (Å²) in [6.45, 7) is 5.75. The van der Waals surface area contributed by atoms with Gasteiger partial charge in [-0.1, -0.05) is 43.6 Å². The number of carbonyl (C=O) groups is 2. The van der Waals surface area contributed by atoms with E-state index in [4.69, 9.17) is 16.3 Å². The van der Waals surface area contributed by atoms with E-state index in [1.807, 2.05) is 13.8 Å². The summed E-state index contributed by atoms with van der Waals surface area (Å²) in [6.07, 6.45) is 1.00. The van der Waals surface area contributed by atoms with E-state index >= 15 is 0 Å². The van der Waals surface area contributed by atoms with Gasteiger partial charge in [-0.15, -0.1) is 0 Å². The molecule has 0 aliphatic rings. The molecular weight excluding hydrogens is 569 g/mol. The van der Waals surface area contributed by atoms with Crippen molar-refractivity contribution in [3.05, 3.63) is 89.2 Å². The predicted molar refractivity (Wildman–Crippen MR) is 158 cm³/mol. The van der Waals surface area contributed by atoms with Gasteiger partial charge in [0.25, 0.3) is 10.0 Å². The van der Waals surface area contributed by atoms with Crippen molar-refractivity contribution < 1.29 is 27.1 Å². The first-order valence-corrected chi connectivity index (χ1v) is 15.3. The van der Waals surface area contributed by atoms with Crippen molar-refractivity contribution in [3.8, 4) is 5.75 Å². The normalized spacial score (nSPS) is 11.9. The van der Waals surface area contributed by atoms with Gasteiger partial charge in [0.05, 0.1) is 17.2 Å². The molecule has 0 unspecified atom stereocenters. The first kappa shape index (κ1) is 31.9. The summed E-state index contributed by atoms with van der Waals surface area (Å²) in [5.74, 6) is -1.02. The van der Waals surface area contributed by atoms with Crippen LogP contribution >= 0.6 is 11.6 Å². The van der Waals surface area contributed by atoms with Crippen LogP contribution in [0.1, 0.15) is 39.2 Å². The second-order valence-electron chi connectivity index (χ2n) is 9.22. The van der Waals surface area contributed by atoms with E-state index in [2.05, 4.69) is 5.32 Å². The predicted octanol–water partition coefficient (Wildman–Crippen LogP) is 5.41. The van der Waals surface area contributed by atoms with Gasteiger partial charge in [-0.3, -0.25) is 13.9 Å². The van der Waals surface area contributed by atoms with Crippen LogP contribution in [0.15, 0.2) is 77.7 Å². The first-order chi connectivity index (χ1) is 19.6. The largest absolute Gasteiger partial charge is 0.494 e. The standard InChI is InChI=1S/C30H35ClFN3O5S/c1-4-19-33-30(37)28(5-2)34(20-22-9-7-8-10-27(22)31)29(36)21-35(24-13-15-25(16-14-24)40-6-3)41(38,39)26-17-11-23(32)12-18-26/h7-18,28H,4-6,19-21H2,1-3H3,(H,33,37)/t28-/m0/s1. The van der Waals surface area contributed by atoms with Crippen molar-refractivity contribution in [2.45, 2.75) is 51.1 Å². The molecule has 0 aliphatic carbocycles. The molecule has 11 heteroatoms. The average molecular weight is 604 g/mol. The van der Waals surface area contributed by atoms with Gasteiger partial charge in [0.1, 0.15) is 24.2 Å². The van der Waals surface area contributed by atoms with E-state index in [1.54, 1.807) is 43.3 Å². The third kappa shape index (κ3) is 8.20. The Hall–Kier alpha value is -3.63. The zero-order valence-corrected chi connectivity index (χ0v) is 24.9. The first-order valence-electron chi connectivity index (χ1n) is 13.4. The molecule has 41 heavy (non-hydrogen) atoms. The maximum absolute atomic E-state index is 14.0. The van der Waals surface area contributed by atoms with E-state index < -0.39 is 34.3 Å². The fraction of sp³-hybridized carbons (Fsp3) is 0.333. The molecule has 3 aromatic carbocycles. The minimum atomic E-state index is -4.32. The molecule has 1 N–H and O–H groups in total.